The third kappa shape index (κ3) is 4.23. The van der Waals surface area contributed by atoms with Crippen molar-refractivity contribution in [3.63, 3.8) is 0 Å². The average molecular weight is 465 g/mol. The maximum absolute atomic E-state index is 5.05. The van der Waals surface area contributed by atoms with Crippen LogP contribution in [0.25, 0.3) is 26.9 Å². The molecule has 0 saturated heterocycles. The number of nitrogens with zero attached hydrogens (tertiary/aromatic N) is 6. The molecule has 0 N–H and O–H groups in total. The summed E-state index contributed by atoms with van der Waals surface area (Å²) in [4.78, 5) is 12.1. The molecule has 0 bridgehead atoms. The van der Waals surface area contributed by atoms with Crippen LogP contribution in [0.5, 0.6) is 0 Å². The highest BCUT2D eigenvalue weighted by atomic mass is 32.1. The van der Waals surface area contributed by atoms with Gasteiger partial charge in [-0.3, -0.25) is 0 Å². The number of imidazole rings is 1. The predicted octanol–water partition coefficient (Wildman–Crippen LogP) is 6.94. The van der Waals surface area contributed by atoms with Crippen molar-refractivity contribution in [1.82, 2.24) is 29.4 Å². The molecule has 6 nitrogen and oxygen atoms in total. The van der Waals surface area contributed by atoms with Gasteiger partial charge in [0.1, 0.15) is 12.0 Å². The minimum atomic E-state index is -0.136. The molecule has 176 valence electrons. The lowest BCUT2D eigenvalue weighted by atomic mass is 9.95. The van der Waals surface area contributed by atoms with Gasteiger partial charge in [-0.25, -0.2) is 19.2 Å². The van der Waals surface area contributed by atoms with Gasteiger partial charge in [0, 0.05) is 5.56 Å². The molecule has 4 aromatic heterocycles. The van der Waals surface area contributed by atoms with Crippen LogP contribution in [-0.2, 0) is 12.0 Å². The molecular formula is C26H36N6S. The Bertz CT molecular complexity index is 1270. The van der Waals surface area contributed by atoms with Crippen LogP contribution in [0.2, 0.25) is 0 Å². The van der Waals surface area contributed by atoms with Gasteiger partial charge < -0.3 is 0 Å². The predicted molar refractivity (Wildman–Crippen MR) is 137 cm³/mol. The second-order valence-electron chi connectivity index (χ2n) is 9.92. The molecule has 0 fully saturated rings. The molecule has 4 rings (SSSR count). The second kappa shape index (κ2) is 9.01. The lowest BCUT2D eigenvalue weighted by Gasteiger charge is -2.20. The number of aryl methyl sites for hydroxylation is 3. The van der Waals surface area contributed by atoms with E-state index in [2.05, 4.69) is 82.1 Å². The van der Waals surface area contributed by atoms with E-state index in [0.29, 0.717) is 5.92 Å². The van der Waals surface area contributed by atoms with Crippen molar-refractivity contribution in [2.24, 2.45) is 0 Å². The molecule has 33 heavy (non-hydrogen) atoms. The van der Waals surface area contributed by atoms with E-state index in [-0.39, 0.29) is 5.54 Å². The first-order valence-electron chi connectivity index (χ1n) is 12.1. The first-order valence-corrected chi connectivity index (χ1v) is 12.9. The molecular weight excluding hydrogens is 428 g/mol. The number of fused-ring (bicyclic) bond motifs is 1. The van der Waals surface area contributed by atoms with Crippen molar-refractivity contribution < 1.29 is 0 Å². The fourth-order valence-electron chi connectivity index (χ4n) is 4.66. The van der Waals surface area contributed by atoms with Gasteiger partial charge in [-0.2, -0.15) is 10.2 Å². The lowest BCUT2D eigenvalue weighted by molar-refractivity contribution is 0.359. The van der Waals surface area contributed by atoms with E-state index in [1.165, 1.54) is 16.0 Å². The van der Waals surface area contributed by atoms with Crippen molar-refractivity contribution in [2.45, 2.75) is 92.5 Å². The van der Waals surface area contributed by atoms with E-state index < -0.39 is 0 Å². The summed E-state index contributed by atoms with van der Waals surface area (Å²) in [5.41, 5.74) is 6.68. The van der Waals surface area contributed by atoms with Crippen LogP contribution in [-0.4, -0.2) is 29.4 Å². The van der Waals surface area contributed by atoms with Crippen molar-refractivity contribution in [1.29, 1.82) is 0 Å². The molecule has 4 heterocycles. The van der Waals surface area contributed by atoms with Crippen molar-refractivity contribution in [3.05, 3.63) is 41.0 Å². The number of thiophene rings is 1. The first kappa shape index (κ1) is 23.6. The van der Waals surface area contributed by atoms with Gasteiger partial charge in [0.15, 0.2) is 11.5 Å². The Morgan fingerprint density at radius 1 is 1.06 bits per heavy atom. The SMILES string of the molecule is CCCc1cc(-c2ncnn2C(C)(C)C)sc1-c1c(C)nc2c(C(CC)CC)cc(C)nn12. The molecule has 0 saturated carbocycles. The minimum absolute atomic E-state index is 0.136. The van der Waals surface area contributed by atoms with E-state index in [9.17, 15) is 0 Å². The summed E-state index contributed by atoms with van der Waals surface area (Å²) in [6.45, 7) is 17.4. The summed E-state index contributed by atoms with van der Waals surface area (Å²) in [5, 5.41) is 9.46. The Morgan fingerprint density at radius 2 is 1.79 bits per heavy atom. The molecule has 0 radical (unpaired) electrons. The van der Waals surface area contributed by atoms with Crippen LogP contribution in [0.1, 0.15) is 89.2 Å². The molecule has 0 aliphatic carbocycles. The Morgan fingerprint density at radius 3 is 2.42 bits per heavy atom. The van der Waals surface area contributed by atoms with Crippen LogP contribution in [0, 0.1) is 13.8 Å². The van der Waals surface area contributed by atoms with E-state index in [0.717, 1.165) is 59.1 Å². The molecule has 0 spiro atoms. The van der Waals surface area contributed by atoms with Gasteiger partial charge >= 0.3 is 0 Å². The Labute approximate surface area is 201 Å². The van der Waals surface area contributed by atoms with Gasteiger partial charge in [0.05, 0.1) is 26.7 Å². The molecule has 0 aliphatic rings. The van der Waals surface area contributed by atoms with Crippen molar-refractivity contribution in [3.8, 4) is 21.3 Å². The third-order valence-corrected chi connectivity index (χ3v) is 7.46. The molecule has 0 amide bonds. The number of hydrogen-bond donors (Lipinski definition) is 0. The zero-order valence-corrected chi connectivity index (χ0v) is 22.0. The van der Waals surface area contributed by atoms with Crippen LogP contribution in [0.15, 0.2) is 18.5 Å². The highest BCUT2D eigenvalue weighted by Gasteiger charge is 2.25. The summed E-state index contributed by atoms with van der Waals surface area (Å²) >= 11 is 1.78. The zero-order valence-electron chi connectivity index (χ0n) is 21.2. The summed E-state index contributed by atoms with van der Waals surface area (Å²) < 4.78 is 4.12. The molecule has 0 atom stereocenters. The quantitative estimate of drug-likeness (QED) is 0.297. The standard InChI is InChI=1S/C26H36N6S/c1-9-12-19-14-21(25-27-15-28-32(25)26(6,7)8)33-23(19)22-17(5)29-24-20(18(10-2)11-3)13-16(4)30-31(22)24/h13-15,18H,9-12H2,1-8H3. The number of aromatic nitrogens is 6. The highest BCUT2D eigenvalue weighted by Crippen LogP contribution is 2.41. The fourth-order valence-corrected chi connectivity index (χ4v) is 5.94. The normalized spacial score (nSPS) is 12.4. The molecule has 0 unspecified atom stereocenters. The van der Waals surface area contributed by atoms with Crippen molar-refractivity contribution in [2.75, 3.05) is 0 Å². The third-order valence-electron chi connectivity index (χ3n) is 6.28. The van der Waals surface area contributed by atoms with Gasteiger partial charge in [0.2, 0.25) is 0 Å². The molecule has 0 aliphatic heterocycles. The van der Waals surface area contributed by atoms with Gasteiger partial charge in [-0.05, 0) is 77.5 Å². The summed E-state index contributed by atoms with van der Waals surface area (Å²) in [6.07, 6.45) is 5.95. The topological polar surface area (TPSA) is 60.9 Å². The largest absolute Gasteiger partial charge is 0.240 e. The molecule has 4 aromatic rings. The summed E-state index contributed by atoms with van der Waals surface area (Å²) in [7, 11) is 0. The van der Waals surface area contributed by atoms with E-state index in [4.69, 9.17) is 10.1 Å². The maximum atomic E-state index is 5.05. The fraction of sp³-hybridized carbons (Fsp3) is 0.538. The Balaban J connectivity index is 1.96. The van der Waals surface area contributed by atoms with E-state index >= 15 is 0 Å². The van der Waals surface area contributed by atoms with Crippen LogP contribution < -0.4 is 0 Å². The summed E-state index contributed by atoms with van der Waals surface area (Å²) in [6, 6.07) is 4.52. The molecule has 7 heteroatoms. The second-order valence-corrected chi connectivity index (χ2v) is 11.0. The number of rotatable bonds is 7. The lowest BCUT2D eigenvalue weighted by Crippen LogP contribution is -2.23. The highest BCUT2D eigenvalue weighted by molar-refractivity contribution is 7.19. The maximum Gasteiger partial charge on any atom is 0.168 e. The average Bonchev–Trinajstić information content (AvgIpc) is 3.45. The smallest absolute Gasteiger partial charge is 0.168 e. The van der Waals surface area contributed by atoms with Crippen LogP contribution >= 0.6 is 11.3 Å². The Kier molecular flexibility index (Phi) is 6.45. The molecule has 0 aromatic carbocycles. The Hall–Kier alpha value is -2.54. The first-order chi connectivity index (χ1) is 15.7. The summed E-state index contributed by atoms with van der Waals surface area (Å²) in [5.74, 6) is 1.41. The van der Waals surface area contributed by atoms with E-state index in [1.54, 1.807) is 17.7 Å². The van der Waals surface area contributed by atoms with E-state index in [1.807, 2.05) is 4.68 Å². The van der Waals surface area contributed by atoms with Crippen LogP contribution in [0.3, 0.4) is 0 Å². The number of hydrogen-bond acceptors (Lipinski definition) is 5. The minimum Gasteiger partial charge on any atom is -0.240 e. The van der Waals surface area contributed by atoms with Gasteiger partial charge in [-0.1, -0.05) is 27.2 Å². The van der Waals surface area contributed by atoms with Crippen molar-refractivity contribution >= 4 is 17.0 Å². The zero-order chi connectivity index (χ0) is 23.9. The van der Waals surface area contributed by atoms with Gasteiger partial charge in [0.25, 0.3) is 0 Å². The van der Waals surface area contributed by atoms with Gasteiger partial charge in [-0.15, -0.1) is 11.3 Å². The van der Waals surface area contributed by atoms with Crippen LogP contribution in [0.4, 0.5) is 0 Å². The monoisotopic (exact) mass is 464 g/mol.